The molecule has 2 saturated heterocycles. The van der Waals surface area contributed by atoms with Gasteiger partial charge in [-0.25, -0.2) is 9.78 Å². The highest BCUT2D eigenvalue weighted by molar-refractivity contribution is 6.00. The summed E-state index contributed by atoms with van der Waals surface area (Å²) in [6.45, 7) is 10.4. The third kappa shape index (κ3) is 8.44. The van der Waals surface area contributed by atoms with Gasteiger partial charge in [0.2, 0.25) is 17.4 Å². The summed E-state index contributed by atoms with van der Waals surface area (Å²) in [7, 11) is 4.30. The molecule has 8 unspecified atom stereocenters. The molecule has 2 aliphatic rings. The van der Waals surface area contributed by atoms with E-state index in [1.165, 1.54) is 26.2 Å². The van der Waals surface area contributed by atoms with E-state index in [-0.39, 0.29) is 25.5 Å². The van der Waals surface area contributed by atoms with Crippen molar-refractivity contribution >= 4 is 17.8 Å². The first-order valence-corrected chi connectivity index (χ1v) is 17.1. The van der Waals surface area contributed by atoms with Crippen LogP contribution in [0, 0.1) is 24.2 Å². The Morgan fingerprint density at radius 2 is 1.84 bits per heavy atom. The zero-order chi connectivity index (χ0) is 38.1. The largest absolute Gasteiger partial charge is 0.455 e. The molecule has 0 saturated carbocycles. The van der Waals surface area contributed by atoms with Gasteiger partial charge in [0.25, 0.3) is 0 Å². The number of methoxy groups -OCH3 is 2. The van der Waals surface area contributed by atoms with Gasteiger partial charge in [-0.1, -0.05) is 68.5 Å². The highest BCUT2D eigenvalue weighted by atomic mass is 16.6. The molecule has 0 radical (unpaired) electrons. The second kappa shape index (κ2) is 17.6. The van der Waals surface area contributed by atoms with Crippen molar-refractivity contribution in [2.45, 2.75) is 89.9 Å². The molecule has 2 aliphatic heterocycles. The van der Waals surface area contributed by atoms with Crippen LogP contribution in [-0.4, -0.2) is 113 Å². The molecule has 2 amide bonds. The Kier molecular flexibility index (Phi) is 14.3. The summed E-state index contributed by atoms with van der Waals surface area (Å²) < 4.78 is 21.7. The number of likely N-dealkylation sites (N-methyl/N-ethyl adjacent to an activating group) is 1. The SMILES string of the molecule is COCC1OC(=O)C12N(C)C(=O)C(C)C2(O)C(CC(C)C(O)C=CC=CCNC(=O)C(C)(C)C(O)C(C)=CC=CC=CCc1cnc(C)o1)OC. The zero-order valence-corrected chi connectivity index (χ0v) is 31.2. The van der Waals surface area contributed by atoms with E-state index in [1.54, 1.807) is 84.2 Å². The maximum atomic E-state index is 13.1. The number of hydrogen-bond donors (Lipinski definition) is 4. The average molecular weight is 714 g/mol. The monoisotopic (exact) mass is 713 g/mol. The number of nitrogens with one attached hydrogen (secondary N) is 1. The molecule has 0 aromatic carbocycles. The number of cyclic esters (lactones) is 1. The standard InChI is InChI=1S/C38H55N3O10/c1-24(17-13-10-11-14-18-28-22-40-27(4)50-28)32(43)36(5,6)34(45)39-20-16-12-15-19-29(42)25(2)21-30(49-9)38(47)26(3)33(44)41(7)37(38)31(23-48-8)51-35(37)46/h10-17,19,22,25-26,29-32,42-43,47H,18,20-21,23H2,1-9H3,(H,39,45). The summed E-state index contributed by atoms with van der Waals surface area (Å²) in [5.74, 6) is -1.50. The Bertz CT molecular complexity index is 1530. The molecule has 0 bridgehead atoms. The van der Waals surface area contributed by atoms with Gasteiger partial charge in [0.05, 0.1) is 42.4 Å². The highest BCUT2D eigenvalue weighted by Gasteiger charge is 2.81. The summed E-state index contributed by atoms with van der Waals surface area (Å²) in [5, 5.41) is 36.8. The minimum atomic E-state index is -1.94. The van der Waals surface area contributed by atoms with Crippen molar-refractivity contribution in [2.75, 3.05) is 34.4 Å². The number of ether oxygens (including phenoxy) is 3. The first-order chi connectivity index (χ1) is 24.0. The Hall–Kier alpha value is -3.88. The van der Waals surface area contributed by atoms with E-state index in [2.05, 4.69) is 10.3 Å². The van der Waals surface area contributed by atoms with E-state index in [4.69, 9.17) is 18.6 Å². The van der Waals surface area contributed by atoms with Crippen molar-refractivity contribution in [3.63, 3.8) is 0 Å². The zero-order valence-electron chi connectivity index (χ0n) is 31.2. The highest BCUT2D eigenvalue weighted by Crippen LogP contribution is 2.54. The second-order valence-corrected chi connectivity index (χ2v) is 13.9. The van der Waals surface area contributed by atoms with Crippen LogP contribution in [-0.2, 0) is 35.0 Å². The lowest BCUT2D eigenvalue weighted by atomic mass is 9.65. The number of carbonyl (C=O) groups excluding carboxylic acids is 3. The lowest BCUT2D eigenvalue weighted by Gasteiger charge is -2.56. The summed E-state index contributed by atoms with van der Waals surface area (Å²) in [6, 6.07) is 0. The Balaban J connectivity index is 1.52. The number of oxazole rings is 1. The minimum absolute atomic E-state index is 0.0139. The number of aliphatic hydroxyl groups excluding tert-OH is 2. The third-order valence-corrected chi connectivity index (χ3v) is 10.1. The van der Waals surface area contributed by atoms with Crippen LogP contribution in [0.3, 0.4) is 0 Å². The summed E-state index contributed by atoms with van der Waals surface area (Å²) in [6.07, 6.45) is 14.4. The van der Waals surface area contributed by atoms with Crippen LogP contribution in [0.15, 0.2) is 70.9 Å². The lowest BCUT2D eigenvalue weighted by Crippen LogP contribution is -2.81. The minimum Gasteiger partial charge on any atom is -0.455 e. The number of rotatable bonds is 18. The maximum Gasteiger partial charge on any atom is 0.339 e. The average Bonchev–Trinajstić information content (AvgIpc) is 3.58. The van der Waals surface area contributed by atoms with Gasteiger partial charge in [-0.15, -0.1) is 0 Å². The summed E-state index contributed by atoms with van der Waals surface area (Å²) in [5.41, 5.74) is -4.08. The number of likely N-dealkylation sites (tertiary alicyclic amines) is 1. The van der Waals surface area contributed by atoms with Gasteiger partial charge in [-0.3, -0.25) is 9.59 Å². The fourth-order valence-electron chi connectivity index (χ4n) is 6.88. The van der Waals surface area contributed by atoms with Crippen LogP contribution >= 0.6 is 0 Å². The Labute approximate surface area is 300 Å². The van der Waals surface area contributed by atoms with Gasteiger partial charge in [-0.05, 0) is 38.7 Å². The molecular weight excluding hydrogens is 658 g/mol. The van der Waals surface area contributed by atoms with Crippen molar-refractivity contribution < 1.29 is 48.3 Å². The fourth-order valence-corrected chi connectivity index (χ4v) is 6.88. The van der Waals surface area contributed by atoms with E-state index >= 15 is 0 Å². The number of aromatic nitrogens is 1. The number of carbonyl (C=O) groups is 3. The second-order valence-electron chi connectivity index (χ2n) is 13.9. The molecular formula is C38H55N3O10. The van der Waals surface area contributed by atoms with Gasteiger partial charge in [0, 0.05) is 41.2 Å². The van der Waals surface area contributed by atoms with Crippen LogP contribution < -0.4 is 5.32 Å². The van der Waals surface area contributed by atoms with Crippen molar-refractivity contribution in [2.24, 2.45) is 17.3 Å². The molecule has 3 heterocycles. The number of nitrogens with zero attached hydrogens (tertiary/aromatic N) is 2. The van der Waals surface area contributed by atoms with Crippen LogP contribution in [0.2, 0.25) is 0 Å². The van der Waals surface area contributed by atoms with Crippen LogP contribution in [0.1, 0.15) is 52.7 Å². The third-order valence-electron chi connectivity index (χ3n) is 10.1. The first-order valence-electron chi connectivity index (χ1n) is 17.1. The first kappa shape index (κ1) is 41.5. The van der Waals surface area contributed by atoms with Crippen molar-refractivity contribution in [3.05, 3.63) is 78.1 Å². The van der Waals surface area contributed by atoms with Gasteiger partial charge < -0.3 is 44.2 Å². The fraction of sp³-hybridized carbons (Fsp3) is 0.579. The summed E-state index contributed by atoms with van der Waals surface area (Å²) in [4.78, 5) is 44.3. The molecule has 3 rings (SSSR count). The normalized spacial score (nSPS) is 26.8. The predicted octanol–water partition coefficient (Wildman–Crippen LogP) is 2.75. The molecule has 282 valence electrons. The smallest absolute Gasteiger partial charge is 0.339 e. The van der Waals surface area contributed by atoms with Gasteiger partial charge in [0.15, 0.2) is 12.0 Å². The van der Waals surface area contributed by atoms with Gasteiger partial charge in [-0.2, -0.15) is 0 Å². The number of aryl methyl sites for hydroxylation is 1. The molecule has 4 N–H and O–H groups in total. The molecule has 1 aromatic heterocycles. The molecule has 8 atom stereocenters. The quantitative estimate of drug-likeness (QED) is 0.130. The van der Waals surface area contributed by atoms with Crippen LogP contribution in [0.25, 0.3) is 0 Å². The van der Waals surface area contributed by atoms with Gasteiger partial charge in [0.1, 0.15) is 11.4 Å². The molecule has 0 aliphatic carbocycles. The van der Waals surface area contributed by atoms with E-state index < -0.39 is 64.7 Å². The van der Waals surface area contributed by atoms with E-state index in [0.29, 0.717) is 17.9 Å². The van der Waals surface area contributed by atoms with E-state index in [0.717, 1.165) is 5.76 Å². The molecule has 13 heteroatoms. The summed E-state index contributed by atoms with van der Waals surface area (Å²) >= 11 is 0. The number of esters is 1. The van der Waals surface area contributed by atoms with Crippen molar-refractivity contribution in [1.82, 2.24) is 15.2 Å². The van der Waals surface area contributed by atoms with Crippen molar-refractivity contribution in [3.8, 4) is 0 Å². The lowest BCUT2D eigenvalue weighted by molar-refractivity contribution is -0.264. The predicted molar refractivity (Wildman–Crippen MR) is 190 cm³/mol. The molecule has 1 aromatic rings. The molecule has 1 spiro atoms. The van der Waals surface area contributed by atoms with E-state index in [1.807, 2.05) is 18.2 Å². The van der Waals surface area contributed by atoms with Crippen LogP contribution in [0.4, 0.5) is 0 Å². The number of amides is 2. The van der Waals surface area contributed by atoms with E-state index in [9.17, 15) is 29.7 Å². The van der Waals surface area contributed by atoms with Gasteiger partial charge >= 0.3 is 5.97 Å². The number of hydrogen-bond acceptors (Lipinski definition) is 11. The molecule has 13 nitrogen and oxygen atoms in total. The maximum absolute atomic E-state index is 13.1. The van der Waals surface area contributed by atoms with Crippen LogP contribution in [0.5, 0.6) is 0 Å². The topological polar surface area (TPSA) is 181 Å². The van der Waals surface area contributed by atoms with Crippen molar-refractivity contribution in [1.29, 1.82) is 0 Å². The molecule has 2 fully saturated rings. The Morgan fingerprint density at radius 3 is 2.45 bits per heavy atom. The number of aliphatic hydroxyl groups is 3. The Morgan fingerprint density at radius 1 is 1.16 bits per heavy atom. The molecule has 51 heavy (non-hydrogen) atoms. The number of allylic oxidation sites excluding steroid dienone is 7.